The molecule has 2 rings (SSSR count). The Morgan fingerprint density at radius 2 is 1.88 bits per heavy atom. The number of para-hydroxylation sites is 1. The second-order valence-corrected chi connectivity index (χ2v) is 7.80. The highest BCUT2D eigenvalue weighted by molar-refractivity contribution is 9.11. The van der Waals surface area contributed by atoms with Crippen molar-refractivity contribution in [2.75, 3.05) is 5.32 Å². The van der Waals surface area contributed by atoms with Gasteiger partial charge in [0.1, 0.15) is 0 Å². The van der Waals surface area contributed by atoms with Crippen LogP contribution in [-0.2, 0) is 14.3 Å². The maximum absolute atomic E-state index is 12.2. The highest BCUT2D eigenvalue weighted by atomic mass is 79.9. The summed E-state index contributed by atoms with van der Waals surface area (Å²) in [6.45, 7) is 5.39. The second-order valence-electron chi connectivity index (χ2n) is 5.31. The van der Waals surface area contributed by atoms with E-state index in [2.05, 4.69) is 21.2 Å². The summed E-state index contributed by atoms with van der Waals surface area (Å²) in [7, 11) is 0. The van der Waals surface area contributed by atoms with E-state index in [1.54, 1.807) is 13.0 Å². The molecule has 1 atom stereocenters. The Hall–Kier alpha value is -1.92. The van der Waals surface area contributed by atoms with Crippen LogP contribution in [-0.4, -0.2) is 18.0 Å². The highest BCUT2D eigenvalue weighted by Crippen LogP contribution is 2.23. The second kappa shape index (κ2) is 8.26. The van der Waals surface area contributed by atoms with Gasteiger partial charge in [0.25, 0.3) is 5.91 Å². The maximum Gasteiger partial charge on any atom is 0.331 e. The van der Waals surface area contributed by atoms with E-state index >= 15 is 0 Å². The fraction of sp³-hybridized carbons (Fsp3) is 0.222. The van der Waals surface area contributed by atoms with E-state index in [9.17, 15) is 9.59 Å². The average Bonchev–Trinajstić information content (AvgIpc) is 2.94. The van der Waals surface area contributed by atoms with Gasteiger partial charge in [-0.15, -0.1) is 11.3 Å². The molecule has 1 aromatic heterocycles. The molecule has 1 heterocycles. The van der Waals surface area contributed by atoms with Crippen LogP contribution in [0.25, 0.3) is 6.08 Å². The zero-order valence-corrected chi connectivity index (χ0v) is 16.0. The number of thiophene rings is 1. The SMILES string of the molecule is Cc1cccc(C)c1NC(=O)[C@@H](C)OC(=O)/C=C/c1ccc(Br)s1. The third kappa shape index (κ3) is 5.04. The fourth-order valence-corrected chi connectivity index (χ4v) is 3.40. The van der Waals surface area contributed by atoms with Gasteiger partial charge in [-0.05, 0) is 66.0 Å². The summed E-state index contributed by atoms with van der Waals surface area (Å²) in [5.74, 6) is -0.906. The van der Waals surface area contributed by atoms with Crippen LogP contribution in [0.5, 0.6) is 0 Å². The van der Waals surface area contributed by atoms with Crippen LogP contribution in [0, 0.1) is 13.8 Å². The van der Waals surface area contributed by atoms with Crippen LogP contribution in [0.2, 0.25) is 0 Å². The van der Waals surface area contributed by atoms with Crippen LogP contribution in [0.15, 0.2) is 40.2 Å². The molecule has 6 heteroatoms. The van der Waals surface area contributed by atoms with E-state index < -0.39 is 12.1 Å². The molecule has 0 unspecified atom stereocenters. The molecule has 0 fully saturated rings. The lowest BCUT2D eigenvalue weighted by Gasteiger charge is -2.15. The summed E-state index contributed by atoms with van der Waals surface area (Å²) in [6, 6.07) is 9.55. The van der Waals surface area contributed by atoms with Crippen molar-refractivity contribution in [2.24, 2.45) is 0 Å². The minimum absolute atomic E-state index is 0.354. The first-order chi connectivity index (χ1) is 11.4. The molecular weight excluding hydrogens is 390 g/mol. The van der Waals surface area contributed by atoms with Crippen molar-refractivity contribution < 1.29 is 14.3 Å². The van der Waals surface area contributed by atoms with Gasteiger partial charge in [0.2, 0.25) is 0 Å². The van der Waals surface area contributed by atoms with E-state index in [4.69, 9.17) is 4.74 Å². The van der Waals surface area contributed by atoms with Gasteiger partial charge in [-0.25, -0.2) is 4.79 Å². The van der Waals surface area contributed by atoms with E-state index in [-0.39, 0.29) is 5.91 Å². The van der Waals surface area contributed by atoms with Crippen LogP contribution < -0.4 is 5.32 Å². The smallest absolute Gasteiger partial charge is 0.331 e. The Balaban J connectivity index is 1.93. The van der Waals surface area contributed by atoms with Crippen LogP contribution >= 0.6 is 27.3 Å². The molecule has 126 valence electrons. The molecule has 0 bridgehead atoms. The van der Waals surface area contributed by atoms with Gasteiger partial charge < -0.3 is 10.1 Å². The standard InChI is InChI=1S/C18H18BrNO3S/c1-11-5-4-6-12(2)17(11)20-18(22)13(3)23-16(21)10-8-14-7-9-15(19)24-14/h4-10,13H,1-3H3,(H,20,22)/b10-8+/t13-/m1/s1. The van der Waals surface area contributed by atoms with Gasteiger partial charge in [0.15, 0.2) is 6.10 Å². The summed E-state index contributed by atoms with van der Waals surface area (Å²) >= 11 is 4.86. The maximum atomic E-state index is 12.2. The molecular formula is C18H18BrNO3S. The van der Waals surface area contributed by atoms with Crippen LogP contribution in [0.4, 0.5) is 5.69 Å². The van der Waals surface area contributed by atoms with E-state index in [1.165, 1.54) is 17.4 Å². The monoisotopic (exact) mass is 407 g/mol. The van der Waals surface area contributed by atoms with Gasteiger partial charge in [-0.3, -0.25) is 4.79 Å². The van der Waals surface area contributed by atoms with E-state index in [0.29, 0.717) is 0 Å². The molecule has 0 aliphatic rings. The molecule has 0 aliphatic carbocycles. The normalized spacial score (nSPS) is 12.2. The van der Waals surface area contributed by atoms with Gasteiger partial charge in [-0.1, -0.05) is 18.2 Å². The van der Waals surface area contributed by atoms with Crippen molar-refractivity contribution >= 4 is 50.9 Å². The summed E-state index contributed by atoms with van der Waals surface area (Å²) in [5, 5.41) is 2.82. The lowest BCUT2D eigenvalue weighted by Crippen LogP contribution is -2.30. The number of halogens is 1. The summed E-state index contributed by atoms with van der Waals surface area (Å²) < 4.78 is 6.13. The van der Waals surface area contributed by atoms with Crippen molar-refractivity contribution in [1.29, 1.82) is 0 Å². The van der Waals surface area contributed by atoms with Gasteiger partial charge in [-0.2, -0.15) is 0 Å². The van der Waals surface area contributed by atoms with Crippen LogP contribution in [0.1, 0.15) is 22.9 Å². The Morgan fingerprint density at radius 3 is 2.46 bits per heavy atom. The molecule has 1 amide bonds. The predicted octanol–water partition coefficient (Wildman–Crippen LogP) is 4.71. The summed E-state index contributed by atoms with van der Waals surface area (Å²) in [5.41, 5.74) is 2.68. The number of aryl methyl sites for hydroxylation is 2. The number of anilines is 1. The number of benzene rings is 1. The molecule has 0 saturated heterocycles. The Morgan fingerprint density at radius 1 is 1.21 bits per heavy atom. The molecule has 1 N–H and O–H groups in total. The number of carbonyl (C=O) groups is 2. The topological polar surface area (TPSA) is 55.4 Å². The molecule has 0 radical (unpaired) electrons. The number of hydrogen-bond donors (Lipinski definition) is 1. The minimum Gasteiger partial charge on any atom is -0.449 e. The Kier molecular flexibility index (Phi) is 6.34. The van der Waals surface area contributed by atoms with Crippen LogP contribution in [0.3, 0.4) is 0 Å². The zero-order valence-electron chi connectivity index (χ0n) is 13.6. The first kappa shape index (κ1) is 18.4. The number of ether oxygens (including phenoxy) is 1. The first-order valence-corrected chi connectivity index (χ1v) is 8.99. The summed E-state index contributed by atoms with van der Waals surface area (Å²) in [4.78, 5) is 25.0. The van der Waals surface area contributed by atoms with Crippen molar-refractivity contribution in [2.45, 2.75) is 26.9 Å². The molecule has 4 nitrogen and oxygen atoms in total. The number of hydrogen-bond acceptors (Lipinski definition) is 4. The molecule has 24 heavy (non-hydrogen) atoms. The molecule has 0 saturated carbocycles. The van der Waals surface area contributed by atoms with Gasteiger partial charge in [0, 0.05) is 16.6 Å². The Labute approximate surface area is 153 Å². The van der Waals surface area contributed by atoms with E-state index in [0.717, 1.165) is 25.5 Å². The molecule has 0 spiro atoms. The lowest BCUT2D eigenvalue weighted by molar-refractivity contribution is -0.148. The fourth-order valence-electron chi connectivity index (χ4n) is 2.07. The molecule has 0 aliphatic heterocycles. The van der Waals surface area contributed by atoms with Gasteiger partial charge in [0.05, 0.1) is 3.79 Å². The van der Waals surface area contributed by atoms with Crippen molar-refractivity contribution in [1.82, 2.24) is 0 Å². The molecule has 2 aromatic rings. The first-order valence-electron chi connectivity index (χ1n) is 7.38. The van der Waals surface area contributed by atoms with Crippen molar-refractivity contribution in [3.8, 4) is 0 Å². The lowest BCUT2D eigenvalue weighted by atomic mass is 10.1. The molecule has 1 aromatic carbocycles. The number of amides is 1. The predicted molar refractivity (Wildman–Crippen MR) is 101 cm³/mol. The van der Waals surface area contributed by atoms with E-state index in [1.807, 2.05) is 44.2 Å². The summed E-state index contributed by atoms with van der Waals surface area (Å²) in [6.07, 6.45) is 2.10. The third-order valence-electron chi connectivity index (χ3n) is 3.37. The van der Waals surface area contributed by atoms with Gasteiger partial charge >= 0.3 is 5.97 Å². The number of rotatable bonds is 5. The largest absolute Gasteiger partial charge is 0.449 e. The minimum atomic E-state index is -0.878. The zero-order chi connectivity index (χ0) is 17.7. The number of nitrogens with one attached hydrogen (secondary N) is 1. The van der Waals surface area contributed by atoms with Crippen molar-refractivity contribution in [3.63, 3.8) is 0 Å². The average molecular weight is 408 g/mol. The Bertz CT molecular complexity index is 762. The quantitative estimate of drug-likeness (QED) is 0.576. The third-order valence-corrected chi connectivity index (χ3v) is 4.96. The number of esters is 1. The van der Waals surface area contributed by atoms with Crippen molar-refractivity contribution in [3.05, 3.63) is 56.2 Å². The number of carbonyl (C=O) groups excluding carboxylic acids is 2. The highest BCUT2D eigenvalue weighted by Gasteiger charge is 2.18.